The molecule has 5 heteroatoms. The lowest BCUT2D eigenvalue weighted by atomic mass is 10.2. The molecule has 17 heavy (non-hydrogen) atoms. The van der Waals surface area contributed by atoms with Crippen LogP contribution in [0.15, 0.2) is 0 Å². The first kappa shape index (κ1) is 14.3. The number of amides is 1. The van der Waals surface area contributed by atoms with Crippen molar-refractivity contribution in [2.24, 2.45) is 5.73 Å². The van der Waals surface area contributed by atoms with Crippen molar-refractivity contribution in [1.29, 1.82) is 0 Å². The minimum atomic E-state index is -0.417. The molecule has 1 heterocycles. The average molecular weight is 243 g/mol. The third-order valence-corrected chi connectivity index (χ3v) is 2.57. The maximum atomic E-state index is 11.8. The van der Waals surface area contributed by atoms with E-state index in [2.05, 4.69) is 4.90 Å². The molecule has 0 radical (unpaired) electrons. The molecule has 5 nitrogen and oxygen atoms in total. The van der Waals surface area contributed by atoms with Crippen LogP contribution in [0.4, 0.5) is 4.79 Å². The molecular formula is C12H25N3O2. The van der Waals surface area contributed by atoms with Crippen molar-refractivity contribution >= 4 is 6.09 Å². The second-order valence-corrected chi connectivity index (χ2v) is 5.75. The van der Waals surface area contributed by atoms with Crippen molar-refractivity contribution in [3.05, 3.63) is 0 Å². The highest BCUT2D eigenvalue weighted by Crippen LogP contribution is 2.11. The molecule has 1 atom stereocenters. The summed E-state index contributed by atoms with van der Waals surface area (Å²) in [7, 11) is 0. The molecule has 1 aliphatic rings. The summed E-state index contributed by atoms with van der Waals surface area (Å²) >= 11 is 0. The van der Waals surface area contributed by atoms with Gasteiger partial charge in [0.1, 0.15) is 5.60 Å². The number of rotatable bonds is 2. The van der Waals surface area contributed by atoms with E-state index in [1.807, 2.05) is 27.7 Å². The fourth-order valence-electron chi connectivity index (χ4n) is 1.85. The highest BCUT2D eigenvalue weighted by Gasteiger charge is 2.25. The summed E-state index contributed by atoms with van der Waals surface area (Å²) in [6, 6.07) is 0.183. The standard InChI is InChI=1S/C12H25N3O2/c1-10(13)9-14-5-7-15(8-6-14)11(16)17-12(2,3)4/h10H,5-9,13H2,1-4H3/t10-/m1/s1. The van der Waals surface area contributed by atoms with Crippen LogP contribution in [0.5, 0.6) is 0 Å². The quantitative estimate of drug-likeness (QED) is 0.782. The Morgan fingerprint density at radius 1 is 1.29 bits per heavy atom. The van der Waals surface area contributed by atoms with Crippen LogP contribution < -0.4 is 5.73 Å². The van der Waals surface area contributed by atoms with Gasteiger partial charge in [-0.3, -0.25) is 4.90 Å². The SMILES string of the molecule is C[C@@H](N)CN1CCN(C(=O)OC(C)(C)C)CC1. The molecule has 0 spiro atoms. The van der Waals surface area contributed by atoms with Crippen LogP contribution in [0, 0.1) is 0 Å². The third kappa shape index (κ3) is 5.37. The molecule has 0 aliphatic carbocycles. The molecule has 0 aromatic carbocycles. The first-order valence-corrected chi connectivity index (χ1v) is 6.24. The van der Waals surface area contributed by atoms with Crippen LogP contribution >= 0.6 is 0 Å². The van der Waals surface area contributed by atoms with Gasteiger partial charge in [0.25, 0.3) is 0 Å². The second kappa shape index (κ2) is 5.69. The molecule has 1 rings (SSSR count). The van der Waals surface area contributed by atoms with Crippen LogP contribution in [-0.2, 0) is 4.74 Å². The molecule has 0 aromatic rings. The van der Waals surface area contributed by atoms with Gasteiger partial charge in [-0.05, 0) is 27.7 Å². The number of hydrogen-bond donors (Lipinski definition) is 1. The van der Waals surface area contributed by atoms with E-state index in [1.165, 1.54) is 0 Å². The molecular weight excluding hydrogens is 218 g/mol. The Morgan fingerprint density at radius 3 is 2.24 bits per heavy atom. The minimum Gasteiger partial charge on any atom is -0.444 e. The van der Waals surface area contributed by atoms with Crippen LogP contribution in [0.25, 0.3) is 0 Å². The summed E-state index contributed by atoms with van der Waals surface area (Å²) in [6.07, 6.45) is -0.210. The van der Waals surface area contributed by atoms with Gasteiger partial charge in [0.2, 0.25) is 0 Å². The van der Waals surface area contributed by atoms with Crippen molar-refractivity contribution in [2.45, 2.75) is 39.3 Å². The largest absolute Gasteiger partial charge is 0.444 e. The summed E-state index contributed by atoms with van der Waals surface area (Å²) < 4.78 is 5.34. The maximum Gasteiger partial charge on any atom is 0.410 e. The number of hydrogen-bond acceptors (Lipinski definition) is 4. The summed E-state index contributed by atoms with van der Waals surface area (Å²) in [5.74, 6) is 0. The number of ether oxygens (including phenoxy) is 1. The summed E-state index contributed by atoms with van der Waals surface area (Å²) in [6.45, 7) is 11.7. The Hall–Kier alpha value is -0.810. The Balaban J connectivity index is 2.34. The van der Waals surface area contributed by atoms with E-state index >= 15 is 0 Å². The fourth-order valence-corrected chi connectivity index (χ4v) is 1.85. The first-order chi connectivity index (χ1) is 7.78. The molecule has 1 saturated heterocycles. The van der Waals surface area contributed by atoms with Crippen LogP contribution in [0.1, 0.15) is 27.7 Å². The number of nitrogens with two attached hydrogens (primary N) is 1. The lowest BCUT2D eigenvalue weighted by Crippen LogP contribution is -2.51. The zero-order valence-electron chi connectivity index (χ0n) is 11.4. The molecule has 2 N–H and O–H groups in total. The molecule has 100 valence electrons. The maximum absolute atomic E-state index is 11.8. The molecule has 0 unspecified atom stereocenters. The summed E-state index contributed by atoms with van der Waals surface area (Å²) in [5.41, 5.74) is 5.34. The molecule has 0 aromatic heterocycles. The number of nitrogens with zero attached hydrogens (tertiary/aromatic N) is 2. The van der Waals surface area contributed by atoms with Gasteiger partial charge >= 0.3 is 6.09 Å². The number of carbonyl (C=O) groups excluding carboxylic acids is 1. The van der Waals surface area contributed by atoms with E-state index in [0.717, 1.165) is 32.7 Å². The highest BCUT2D eigenvalue weighted by molar-refractivity contribution is 5.68. The molecule has 1 amide bonds. The summed E-state index contributed by atoms with van der Waals surface area (Å²) in [4.78, 5) is 15.9. The number of piperazine rings is 1. The predicted octanol–water partition coefficient (Wildman–Crippen LogP) is 0.886. The molecule has 0 bridgehead atoms. The lowest BCUT2D eigenvalue weighted by Gasteiger charge is -2.36. The third-order valence-electron chi connectivity index (χ3n) is 2.57. The van der Waals surface area contributed by atoms with E-state index in [4.69, 9.17) is 10.5 Å². The summed E-state index contributed by atoms with van der Waals surface area (Å²) in [5, 5.41) is 0. The molecule has 0 saturated carbocycles. The Morgan fingerprint density at radius 2 is 1.82 bits per heavy atom. The normalized spacial score (nSPS) is 20.2. The highest BCUT2D eigenvalue weighted by atomic mass is 16.6. The van der Waals surface area contributed by atoms with Crippen molar-refractivity contribution < 1.29 is 9.53 Å². The second-order valence-electron chi connectivity index (χ2n) is 5.75. The van der Waals surface area contributed by atoms with Gasteiger partial charge < -0.3 is 15.4 Å². The van der Waals surface area contributed by atoms with Crippen molar-refractivity contribution in [1.82, 2.24) is 9.80 Å². The predicted molar refractivity (Wildman–Crippen MR) is 67.9 cm³/mol. The zero-order valence-corrected chi connectivity index (χ0v) is 11.4. The van der Waals surface area contributed by atoms with E-state index < -0.39 is 5.60 Å². The fraction of sp³-hybridized carbons (Fsp3) is 0.917. The van der Waals surface area contributed by atoms with E-state index in [-0.39, 0.29) is 12.1 Å². The number of carbonyl (C=O) groups is 1. The monoisotopic (exact) mass is 243 g/mol. The zero-order chi connectivity index (χ0) is 13.1. The van der Waals surface area contributed by atoms with Gasteiger partial charge in [0, 0.05) is 38.8 Å². The minimum absolute atomic E-state index is 0.183. The topological polar surface area (TPSA) is 58.8 Å². The van der Waals surface area contributed by atoms with E-state index in [1.54, 1.807) is 4.90 Å². The lowest BCUT2D eigenvalue weighted by molar-refractivity contribution is 0.0143. The van der Waals surface area contributed by atoms with Gasteiger partial charge in [0.05, 0.1) is 0 Å². The van der Waals surface area contributed by atoms with Gasteiger partial charge in [0.15, 0.2) is 0 Å². The Bertz CT molecular complexity index is 253. The van der Waals surface area contributed by atoms with Gasteiger partial charge in [-0.15, -0.1) is 0 Å². The smallest absolute Gasteiger partial charge is 0.410 e. The van der Waals surface area contributed by atoms with Gasteiger partial charge in [-0.1, -0.05) is 0 Å². The first-order valence-electron chi connectivity index (χ1n) is 6.24. The van der Waals surface area contributed by atoms with Crippen LogP contribution in [-0.4, -0.2) is 60.3 Å². The molecule has 1 fully saturated rings. The van der Waals surface area contributed by atoms with Crippen LogP contribution in [0.2, 0.25) is 0 Å². The Labute approximate surface area is 104 Å². The van der Waals surface area contributed by atoms with Gasteiger partial charge in [-0.2, -0.15) is 0 Å². The van der Waals surface area contributed by atoms with E-state index in [9.17, 15) is 4.79 Å². The molecule has 1 aliphatic heterocycles. The van der Waals surface area contributed by atoms with Crippen molar-refractivity contribution in [3.63, 3.8) is 0 Å². The van der Waals surface area contributed by atoms with E-state index in [0.29, 0.717) is 0 Å². The average Bonchev–Trinajstić information content (AvgIpc) is 2.15. The van der Waals surface area contributed by atoms with Crippen molar-refractivity contribution in [3.8, 4) is 0 Å². The Kier molecular flexibility index (Phi) is 4.77. The van der Waals surface area contributed by atoms with Gasteiger partial charge in [-0.25, -0.2) is 4.79 Å². The van der Waals surface area contributed by atoms with Crippen molar-refractivity contribution in [2.75, 3.05) is 32.7 Å². The van der Waals surface area contributed by atoms with Crippen LogP contribution in [0.3, 0.4) is 0 Å².